The molecular formula is C14H22N2O3. The molecule has 4 N–H and O–H groups in total. The molecule has 0 spiro atoms. The molecule has 0 radical (unpaired) electrons. The van der Waals surface area contributed by atoms with Crippen LogP contribution < -0.4 is 20.9 Å². The van der Waals surface area contributed by atoms with Crippen LogP contribution in [0, 0.1) is 12.3 Å². The minimum absolute atomic E-state index is 0.201. The van der Waals surface area contributed by atoms with E-state index < -0.39 is 0 Å². The molecule has 2 rings (SSSR count). The van der Waals surface area contributed by atoms with E-state index in [1.807, 2.05) is 19.1 Å². The predicted octanol–water partition coefficient (Wildman–Crippen LogP) is 0.987. The molecule has 0 saturated carbocycles. The number of hydrogen-bond acceptors (Lipinski definition) is 5. The number of ether oxygens (including phenoxy) is 3. The van der Waals surface area contributed by atoms with Crippen molar-refractivity contribution in [1.29, 1.82) is 0 Å². The molecule has 0 aromatic heterocycles. The third kappa shape index (κ3) is 2.29. The summed E-state index contributed by atoms with van der Waals surface area (Å²) in [6.45, 7) is 3.64. The third-order valence-electron chi connectivity index (χ3n) is 3.93. The molecule has 19 heavy (non-hydrogen) atoms. The smallest absolute Gasteiger partial charge is 0.124 e. The van der Waals surface area contributed by atoms with Gasteiger partial charge in [0.15, 0.2) is 0 Å². The number of benzene rings is 1. The van der Waals surface area contributed by atoms with Crippen LogP contribution in [-0.4, -0.2) is 34.0 Å². The largest absolute Gasteiger partial charge is 0.496 e. The summed E-state index contributed by atoms with van der Waals surface area (Å²) in [6.07, 6.45) is 0. The molecule has 1 aromatic rings. The first kappa shape index (κ1) is 14.1. The number of methoxy groups -OCH3 is 2. The summed E-state index contributed by atoms with van der Waals surface area (Å²) in [4.78, 5) is 0. The molecule has 1 aliphatic rings. The highest BCUT2D eigenvalue weighted by molar-refractivity contribution is 5.48. The fraction of sp³-hybridized carbons (Fsp3) is 0.571. The van der Waals surface area contributed by atoms with Gasteiger partial charge < -0.3 is 25.7 Å². The van der Waals surface area contributed by atoms with Crippen LogP contribution in [0.4, 0.5) is 0 Å². The minimum Gasteiger partial charge on any atom is -0.496 e. The lowest BCUT2D eigenvalue weighted by atomic mass is 9.75. The molecule has 1 aromatic carbocycles. The molecule has 0 amide bonds. The lowest BCUT2D eigenvalue weighted by Gasteiger charge is -2.45. The topological polar surface area (TPSA) is 79.7 Å². The van der Waals surface area contributed by atoms with Crippen LogP contribution in [0.25, 0.3) is 0 Å². The van der Waals surface area contributed by atoms with Gasteiger partial charge in [0.1, 0.15) is 11.5 Å². The van der Waals surface area contributed by atoms with Crippen molar-refractivity contribution in [1.82, 2.24) is 0 Å². The molecule has 1 saturated heterocycles. The highest BCUT2D eigenvalue weighted by atomic mass is 16.5. The van der Waals surface area contributed by atoms with Crippen molar-refractivity contribution in [3.8, 4) is 11.5 Å². The van der Waals surface area contributed by atoms with Crippen LogP contribution in [0.1, 0.15) is 17.2 Å². The van der Waals surface area contributed by atoms with E-state index in [1.165, 1.54) is 0 Å². The van der Waals surface area contributed by atoms with E-state index in [9.17, 15) is 0 Å². The second-order valence-electron chi connectivity index (χ2n) is 5.10. The first-order valence-corrected chi connectivity index (χ1v) is 6.34. The molecule has 1 unspecified atom stereocenters. The predicted molar refractivity (Wildman–Crippen MR) is 73.5 cm³/mol. The van der Waals surface area contributed by atoms with E-state index >= 15 is 0 Å². The van der Waals surface area contributed by atoms with Gasteiger partial charge in [0, 0.05) is 23.6 Å². The highest BCUT2D eigenvalue weighted by Crippen LogP contribution is 2.43. The Kier molecular flexibility index (Phi) is 3.99. The number of nitrogens with two attached hydrogens (primary N) is 2. The van der Waals surface area contributed by atoms with Gasteiger partial charge in [0.05, 0.1) is 27.4 Å². The molecule has 1 aliphatic heterocycles. The standard InChI is InChI=1S/C14H22N2O3/c1-9-4-12(18-3)10(5-11(9)17-2)13(16)14(6-15)7-19-8-14/h4-5,13H,6-8,15-16H2,1-3H3. The van der Waals surface area contributed by atoms with Crippen molar-refractivity contribution < 1.29 is 14.2 Å². The maximum Gasteiger partial charge on any atom is 0.124 e. The summed E-state index contributed by atoms with van der Waals surface area (Å²) in [5.74, 6) is 1.57. The average molecular weight is 266 g/mol. The maximum atomic E-state index is 6.40. The molecule has 5 heteroatoms. The van der Waals surface area contributed by atoms with Crippen molar-refractivity contribution in [2.75, 3.05) is 34.0 Å². The molecule has 0 aliphatic carbocycles. The average Bonchev–Trinajstić information content (AvgIpc) is 2.37. The summed E-state index contributed by atoms with van der Waals surface area (Å²) in [5, 5.41) is 0. The Bertz CT molecular complexity index is 453. The lowest BCUT2D eigenvalue weighted by molar-refractivity contribution is -0.121. The zero-order valence-electron chi connectivity index (χ0n) is 11.7. The van der Waals surface area contributed by atoms with Crippen LogP contribution in [0.15, 0.2) is 12.1 Å². The number of aryl methyl sites for hydroxylation is 1. The van der Waals surface area contributed by atoms with Gasteiger partial charge in [-0.3, -0.25) is 0 Å². The van der Waals surface area contributed by atoms with Gasteiger partial charge in [0.25, 0.3) is 0 Å². The van der Waals surface area contributed by atoms with Crippen LogP contribution in [-0.2, 0) is 4.74 Å². The Balaban J connectivity index is 2.42. The Hall–Kier alpha value is -1.30. The van der Waals surface area contributed by atoms with Crippen molar-refractivity contribution in [2.24, 2.45) is 16.9 Å². The second-order valence-corrected chi connectivity index (χ2v) is 5.10. The van der Waals surface area contributed by atoms with Gasteiger partial charge in [-0.15, -0.1) is 0 Å². The quantitative estimate of drug-likeness (QED) is 0.830. The Labute approximate surface area is 113 Å². The van der Waals surface area contributed by atoms with Crippen molar-refractivity contribution in [3.63, 3.8) is 0 Å². The van der Waals surface area contributed by atoms with Crippen molar-refractivity contribution >= 4 is 0 Å². The number of hydrogen-bond donors (Lipinski definition) is 2. The van der Waals surface area contributed by atoms with Crippen LogP contribution in [0.3, 0.4) is 0 Å². The first-order chi connectivity index (χ1) is 9.07. The second kappa shape index (κ2) is 5.36. The SMILES string of the molecule is COc1cc(C(N)C2(CN)COC2)c(OC)cc1C. The third-order valence-corrected chi connectivity index (χ3v) is 3.93. The zero-order valence-corrected chi connectivity index (χ0v) is 11.7. The minimum atomic E-state index is -0.226. The van der Waals surface area contributed by atoms with E-state index in [0.717, 1.165) is 22.6 Å². The summed E-state index contributed by atoms with van der Waals surface area (Å²) in [7, 11) is 3.29. The van der Waals surface area contributed by atoms with E-state index in [2.05, 4.69) is 0 Å². The molecular weight excluding hydrogens is 244 g/mol. The van der Waals surface area contributed by atoms with Crippen LogP contribution in [0.5, 0.6) is 11.5 Å². The zero-order chi connectivity index (χ0) is 14.0. The maximum absolute atomic E-state index is 6.40. The van der Waals surface area contributed by atoms with Gasteiger partial charge in [-0.2, -0.15) is 0 Å². The van der Waals surface area contributed by atoms with E-state index in [-0.39, 0.29) is 11.5 Å². The number of rotatable bonds is 5. The van der Waals surface area contributed by atoms with Gasteiger partial charge in [0.2, 0.25) is 0 Å². The first-order valence-electron chi connectivity index (χ1n) is 6.34. The molecule has 106 valence electrons. The highest BCUT2D eigenvalue weighted by Gasteiger charge is 2.44. The molecule has 1 fully saturated rings. The van der Waals surface area contributed by atoms with Gasteiger partial charge in [-0.25, -0.2) is 0 Å². The van der Waals surface area contributed by atoms with Gasteiger partial charge in [-0.05, 0) is 24.6 Å². The summed E-state index contributed by atoms with van der Waals surface area (Å²) in [6, 6.07) is 3.66. The lowest BCUT2D eigenvalue weighted by Crippen LogP contribution is -2.55. The van der Waals surface area contributed by atoms with E-state index in [4.69, 9.17) is 25.7 Å². The Morgan fingerprint density at radius 3 is 2.32 bits per heavy atom. The Morgan fingerprint density at radius 1 is 1.26 bits per heavy atom. The van der Waals surface area contributed by atoms with Crippen LogP contribution in [0.2, 0.25) is 0 Å². The van der Waals surface area contributed by atoms with Crippen molar-refractivity contribution in [2.45, 2.75) is 13.0 Å². The van der Waals surface area contributed by atoms with E-state index in [0.29, 0.717) is 19.8 Å². The molecule has 1 atom stereocenters. The fourth-order valence-electron chi connectivity index (χ4n) is 2.44. The normalized spacial score (nSPS) is 18.6. The van der Waals surface area contributed by atoms with E-state index in [1.54, 1.807) is 14.2 Å². The monoisotopic (exact) mass is 266 g/mol. The molecule has 0 bridgehead atoms. The fourth-order valence-corrected chi connectivity index (χ4v) is 2.44. The van der Waals surface area contributed by atoms with Gasteiger partial charge >= 0.3 is 0 Å². The van der Waals surface area contributed by atoms with Crippen LogP contribution >= 0.6 is 0 Å². The summed E-state index contributed by atoms with van der Waals surface area (Å²) >= 11 is 0. The van der Waals surface area contributed by atoms with Crippen molar-refractivity contribution in [3.05, 3.63) is 23.3 Å². The Morgan fingerprint density at radius 2 is 1.89 bits per heavy atom. The molecule has 1 heterocycles. The summed E-state index contributed by atoms with van der Waals surface area (Å²) < 4.78 is 16.1. The summed E-state index contributed by atoms with van der Waals surface area (Å²) in [5.41, 5.74) is 14.0. The molecule has 5 nitrogen and oxygen atoms in total. The van der Waals surface area contributed by atoms with Gasteiger partial charge in [-0.1, -0.05) is 0 Å².